The number of alkyl carbamates (subject to hydrolysis) is 1. The van der Waals surface area contributed by atoms with E-state index in [-0.39, 0.29) is 12.8 Å². The van der Waals surface area contributed by atoms with Gasteiger partial charge < -0.3 is 10.1 Å². The quantitative estimate of drug-likeness (QED) is 0.697. The molecule has 0 radical (unpaired) electrons. The summed E-state index contributed by atoms with van der Waals surface area (Å²) < 4.78 is 16.8. The van der Waals surface area contributed by atoms with Gasteiger partial charge in [-0.15, -0.1) is 0 Å². The van der Waals surface area contributed by atoms with E-state index in [1.165, 1.54) is 0 Å². The minimum Gasteiger partial charge on any atom is -0.444 e. The zero-order valence-electron chi connectivity index (χ0n) is 9.94. The van der Waals surface area contributed by atoms with E-state index in [0.717, 1.165) is 19.3 Å². The molecule has 0 atom stereocenters. The van der Waals surface area contributed by atoms with Gasteiger partial charge in [0.1, 0.15) is 5.60 Å². The van der Waals surface area contributed by atoms with Crippen LogP contribution in [0.4, 0.5) is 9.18 Å². The first kappa shape index (κ1) is 14.2. The van der Waals surface area contributed by atoms with Crippen molar-refractivity contribution in [2.75, 3.05) is 13.2 Å². The van der Waals surface area contributed by atoms with Crippen molar-refractivity contribution in [3.8, 4) is 0 Å². The van der Waals surface area contributed by atoms with E-state index in [1.807, 2.05) is 20.8 Å². The van der Waals surface area contributed by atoms with Crippen molar-refractivity contribution < 1.29 is 13.9 Å². The van der Waals surface area contributed by atoms with Crippen molar-refractivity contribution in [3.05, 3.63) is 0 Å². The first-order valence-corrected chi connectivity index (χ1v) is 5.48. The third-order valence-corrected chi connectivity index (χ3v) is 1.73. The lowest BCUT2D eigenvalue weighted by Gasteiger charge is -2.19. The van der Waals surface area contributed by atoms with Gasteiger partial charge >= 0.3 is 6.09 Å². The standard InChI is InChI=1S/C11H22FNO2/c1-11(2,3)15-10(14)13-9-7-5-4-6-8-12/h4-9H2,1-3H3,(H,13,14). The molecule has 0 spiro atoms. The Balaban J connectivity index is 3.32. The number of hydrogen-bond donors (Lipinski definition) is 1. The molecule has 0 aromatic rings. The molecule has 15 heavy (non-hydrogen) atoms. The molecular formula is C11H22FNO2. The molecule has 0 aromatic carbocycles. The van der Waals surface area contributed by atoms with E-state index < -0.39 is 5.60 Å². The van der Waals surface area contributed by atoms with E-state index in [0.29, 0.717) is 13.0 Å². The molecule has 0 saturated heterocycles. The van der Waals surface area contributed by atoms with Gasteiger partial charge in [-0.2, -0.15) is 0 Å². The molecule has 0 rings (SSSR count). The number of ether oxygens (including phenoxy) is 1. The fourth-order valence-corrected chi connectivity index (χ4v) is 1.08. The number of halogens is 1. The number of carbonyl (C=O) groups is 1. The highest BCUT2D eigenvalue weighted by Gasteiger charge is 2.15. The summed E-state index contributed by atoms with van der Waals surface area (Å²) in [5.41, 5.74) is -0.446. The molecule has 0 aromatic heterocycles. The van der Waals surface area contributed by atoms with Gasteiger partial charge in [-0.3, -0.25) is 4.39 Å². The first-order valence-electron chi connectivity index (χ1n) is 5.48. The van der Waals surface area contributed by atoms with Gasteiger partial charge in [0, 0.05) is 6.54 Å². The molecular weight excluding hydrogens is 197 g/mol. The molecule has 0 heterocycles. The maximum Gasteiger partial charge on any atom is 0.407 e. The molecule has 0 aliphatic heterocycles. The second-order valence-electron chi connectivity index (χ2n) is 4.53. The Hall–Kier alpha value is -0.800. The maximum atomic E-state index is 11.7. The summed E-state index contributed by atoms with van der Waals surface area (Å²) in [5, 5.41) is 2.66. The molecule has 0 aliphatic rings. The van der Waals surface area contributed by atoms with E-state index in [1.54, 1.807) is 0 Å². The van der Waals surface area contributed by atoms with Crippen LogP contribution in [0.15, 0.2) is 0 Å². The van der Waals surface area contributed by atoms with E-state index in [9.17, 15) is 9.18 Å². The Morgan fingerprint density at radius 1 is 1.20 bits per heavy atom. The molecule has 0 unspecified atom stereocenters. The van der Waals surface area contributed by atoms with Gasteiger partial charge in [0.2, 0.25) is 0 Å². The van der Waals surface area contributed by atoms with Crippen LogP contribution in [0.2, 0.25) is 0 Å². The smallest absolute Gasteiger partial charge is 0.407 e. The zero-order valence-corrected chi connectivity index (χ0v) is 9.94. The van der Waals surface area contributed by atoms with E-state index in [2.05, 4.69) is 5.32 Å². The van der Waals surface area contributed by atoms with Crippen molar-refractivity contribution in [2.24, 2.45) is 0 Å². The van der Waals surface area contributed by atoms with E-state index >= 15 is 0 Å². The SMILES string of the molecule is CC(C)(C)OC(=O)NCCCCCCF. The Morgan fingerprint density at radius 2 is 1.80 bits per heavy atom. The first-order chi connectivity index (χ1) is 6.95. The summed E-state index contributed by atoms with van der Waals surface area (Å²) in [5.74, 6) is 0. The number of nitrogens with one attached hydrogen (secondary N) is 1. The number of amides is 1. The average molecular weight is 219 g/mol. The fraction of sp³-hybridized carbons (Fsp3) is 0.909. The zero-order chi connectivity index (χ0) is 11.7. The van der Waals surface area contributed by atoms with Gasteiger partial charge in [-0.1, -0.05) is 12.8 Å². The van der Waals surface area contributed by atoms with Gasteiger partial charge in [0.15, 0.2) is 0 Å². The van der Waals surface area contributed by atoms with Crippen LogP contribution in [0, 0.1) is 0 Å². The minimum absolute atomic E-state index is 0.251. The van der Waals surface area contributed by atoms with Gasteiger partial charge in [0.05, 0.1) is 6.67 Å². The van der Waals surface area contributed by atoms with Crippen LogP contribution < -0.4 is 5.32 Å². The Morgan fingerprint density at radius 3 is 2.33 bits per heavy atom. The minimum atomic E-state index is -0.446. The Kier molecular flexibility index (Phi) is 7.09. The van der Waals surface area contributed by atoms with Crippen LogP contribution in [0.1, 0.15) is 46.5 Å². The summed E-state index contributed by atoms with van der Waals surface area (Å²) in [7, 11) is 0. The highest BCUT2D eigenvalue weighted by Crippen LogP contribution is 2.06. The van der Waals surface area contributed by atoms with Crippen molar-refractivity contribution >= 4 is 6.09 Å². The molecule has 4 heteroatoms. The third kappa shape index (κ3) is 11.1. The molecule has 1 N–H and O–H groups in total. The topological polar surface area (TPSA) is 38.3 Å². The molecule has 90 valence electrons. The highest BCUT2D eigenvalue weighted by atomic mass is 19.1. The summed E-state index contributed by atoms with van der Waals surface area (Å²) in [6, 6.07) is 0. The largest absolute Gasteiger partial charge is 0.444 e. The molecule has 1 amide bonds. The molecule has 0 bridgehead atoms. The predicted molar refractivity (Wildman–Crippen MR) is 58.7 cm³/mol. The fourth-order valence-electron chi connectivity index (χ4n) is 1.08. The van der Waals surface area contributed by atoms with Crippen LogP contribution >= 0.6 is 0 Å². The lowest BCUT2D eigenvalue weighted by Crippen LogP contribution is -2.32. The van der Waals surface area contributed by atoms with Gasteiger partial charge in [-0.25, -0.2) is 4.79 Å². The average Bonchev–Trinajstić information content (AvgIpc) is 2.08. The maximum absolute atomic E-state index is 11.7. The Labute approximate surface area is 91.4 Å². The van der Waals surface area contributed by atoms with Crippen LogP contribution in [0.3, 0.4) is 0 Å². The number of unbranched alkanes of at least 4 members (excludes halogenated alkanes) is 3. The predicted octanol–water partition coefficient (Wildman–Crippen LogP) is 3.04. The second-order valence-corrected chi connectivity index (χ2v) is 4.53. The van der Waals surface area contributed by atoms with Crippen molar-refractivity contribution in [1.82, 2.24) is 5.32 Å². The summed E-state index contributed by atoms with van der Waals surface area (Å²) in [4.78, 5) is 11.2. The van der Waals surface area contributed by atoms with Gasteiger partial charge in [0.25, 0.3) is 0 Å². The molecule has 3 nitrogen and oxygen atoms in total. The monoisotopic (exact) mass is 219 g/mol. The van der Waals surface area contributed by atoms with Crippen LogP contribution in [0.5, 0.6) is 0 Å². The second kappa shape index (κ2) is 7.49. The van der Waals surface area contributed by atoms with Gasteiger partial charge in [-0.05, 0) is 33.6 Å². The molecule has 0 aliphatic carbocycles. The number of hydrogen-bond acceptors (Lipinski definition) is 2. The van der Waals surface area contributed by atoms with Crippen molar-refractivity contribution in [1.29, 1.82) is 0 Å². The van der Waals surface area contributed by atoms with Crippen LogP contribution in [0.25, 0.3) is 0 Å². The van der Waals surface area contributed by atoms with Crippen LogP contribution in [-0.2, 0) is 4.74 Å². The normalized spacial score (nSPS) is 11.2. The lowest BCUT2D eigenvalue weighted by atomic mass is 10.2. The molecule has 0 fully saturated rings. The molecule has 0 saturated carbocycles. The van der Waals surface area contributed by atoms with Crippen molar-refractivity contribution in [3.63, 3.8) is 0 Å². The summed E-state index contributed by atoms with van der Waals surface area (Å²) in [6.45, 7) is 5.83. The number of alkyl halides is 1. The number of rotatable bonds is 6. The van der Waals surface area contributed by atoms with Crippen LogP contribution in [-0.4, -0.2) is 24.9 Å². The Bertz CT molecular complexity index is 178. The number of carbonyl (C=O) groups excluding carboxylic acids is 1. The summed E-state index contributed by atoms with van der Waals surface area (Å²) in [6.07, 6.45) is 2.94. The lowest BCUT2D eigenvalue weighted by molar-refractivity contribution is 0.0527. The third-order valence-electron chi connectivity index (χ3n) is 1.73. The summed E-state index contributed by atoms with van der Waals surface area (Å²) >= 11 is 0. The van der Waals surface area contributed by atoms with E-state index in [4.69, 9.17) is 4.74 Å². The van der Waals surface area contributed by atoms with Crippen molar-refractivity contribution in [2.45, 2.75) is 52.1 Å². The highest BCUT2D eigenvalue weighted by molar-refractivity contribution is 5.67.